The monoisotopic (exact) mass is 311 g/mol. The minimum absolute atomic E-state index is 0.257. The van der Waals surface area contributed by atoms with Crippen LogP contribution in [0.2, 0.25) is 0 Å². The van der Waals surface area contributed by atoms with Crippen molar-refractivity contribution in [1.82, 2.24) is 15.3 Å². The summed E-state index contributed by atoms with van der Waals surface area (Å²) < 4.78 is 4.91. The molecule has 0 bridgehead atoms. The molecule has 0 saturated carbocycles. The average Bonchev–Trinajstić information content (AvgIpc) is 2.60. The highest BCUT2D eigenvalue weighted by molar-refractivity contribution is 5.92. The van der Waals surface area contributed by atoms with E-state index >= 15 is 0 Å². The summed E-state index contributed by atoms with van der Waals surface area (Å²) in [5.74, 6) is 0.254. The van der Waals surface area contributed by atoms with Crippen LogP contribution >= 0.6 is 0 Å². The third kappa shape index (κ3) is 5.05. The van der Waals surface area contributed by atoms with Crippen LogP contribution in [0.3, 0.4) is 0 Å². The molecule has 0 radical (unpaired) electrons. The number of anilines is 2. The molecule has 1 amide bonds. The smallest absolute Gasteiger partial charge is 0.271 e. The predicted molar refractivity (Wildman–Crippen MR) is 85.3 cm³/mol. The molecule has 2 rings (SSSR count). The fourth-order valence-corrected chi connectivity index (χ4v) is 1.79. The maximum Gasteiger partial charge on any atom is 0.271 e. The van der Waals surface area contributed by atoms with E-state index in [0.717, 1.165) is 12.1 Å². The number of nitriles is 1. The fourth-order valence-electron chi connectivity index (χ4n) is 1.79. The number of hydrogen-bond donors (Lipinski definition) is 2. The van der Waals surface area contributed by atoms with Gasteiger partial charge in [-0.15, -0.1) is 0 Å². The number of carbonyl (C=O) groups excluding carboxylic acids is 1. The Kier molecular flexibility index (Phi) is 6.03. The van der Waals surface area contributed by atoms with E-state index in [4.69, 9.17) is 10.00 Å². The Labute approximate surface area is 134 Å². The minimum Gasteiger partial charge on any atom is -0.385 e. The first-order valence-electron chi connectivity index (χ1n) is 7.09. The molecule has 23 heavy (non-hydrogen) atoms. The summed E-state index contributed by atoms with van der Waals surface area (Å²) in [4.78, 5) is 20.1. The third-order valence-corrected chi connectivity index (χ3v) is 2.98. The van der Waals surface area contributed by atoms with E-state index in [1.54, 1.807) is 31.4 Å². The highest BCUT2D eigenvalue weighted by atomic mass is 16.5. The first-order chi connectivity index (χ1) is 11.2. The van der Waals surface area contributed by atoms with Crippen LogP contribution in [-0.2, 0) is 4.74 Å². The number of rotatable bonds is 7. The van der Waals surface area contributed by atoms with Gasteiger partial charge in [0.15, 0.2) is 0 Å². The standard InChI is InChI=1S/C16H17N5O2/c1-23-8-2-7-18-16(22)14-10-20-15(11-19-14)21-13-5-3-12(9-17)4-6-13/h3-6,10-11H,2,7-8H2,1H3,(H,18,22)(H,20,21). The third-order valence-electron chi connectivity index (χ3n) is 2.98. The molecule has 0 saturated heterocycles. The van der Waals surface area contributed by atoms with Crippen LogP contribution in [0.4, 0.5) is 11.5 Å². The van der Waals surface area contributed by atoms with Gasteiger partial charge in [0.25, 0.3) is 5.91 Å². The molecule has 1 aromatic carbocycles. The van der Waals surface area contributed by atoms with Crippen LogP contribution in [0.15, 0.2) is 36.7 Å². The number of hydrogen-bond acceptors (Lipinski definition) is 6. The van der Waals surface area contributed by atoms with E-state index < -0.39 is 0 Å². The second-order valence-electron chi connectivity index (χ2n) is 4.70. The summed E-state index contributed by atoms with van der Waals surface area (Å²) in [6, 6.07) is 9.02. The van der Waals surface area contributed by atoms with Crippen molar-refractivity contribution in [3.8, 4) is 6.07 Å². The summed E-state index contributed by atoms with van der Waals surface area (Å²) >= 11 is 0. The van der Waals surface area contributed by atoms with E-state index in [-0.39, 0.29) is 11.6 Å². The van der Waals surface area contributed by atoms with Gasteiger partial charge in [0.1, 0.15) is 11.5 Å². The number of benzene rings is 1. The SMILES string of the molecule is COCCCNC(=O)c1cnc(Nc2ccc(C#N)cc2)cn1. The highest BCUT2D eigenvalue weighted by Gasteiger charge is 2.07. The van der Waals surface area contributed by atoms with E-state index in [2.05, 4.69) is 26.7 Å². The quantitative estimate of drug-likeness (QED) is 0.757. The fraction of sp³-hybridized carbons (Fsp3) is 0.250. The van der Waals surface area contributed by atoms with Crippen molar-refractivity contribution in [2.24, 2.45) is 0 Å². The zero-order chi connectivity index (χ0) is 16.5. The lowest BCUT2D eigenvalue weighted by atomic mass is 10.2. The molecule has 0 atom stereocenters. The Bertz CT molecular complexity index is 677. The molecule has 0 unspecified atom stereocenters. The van der Waals surface area contributed by atoms with Crippen molar-refractivity contribution < 1.29 is 9.53 Å². The van der Waals surface area contributed by atoms with Crippen LogP contribution < -0.4 is 10.6 Å². The number of carbonyl (C=O) groups is 1. The van der Waals surface area contributed by atoms with Crippen LogP contribution in [0.25, 0.3) is 0 Å². The van der Waals surface area contributed by atoms with Gasteiger partial charge in [-0.25, -0.2) is 9.97 Å². The van der Waals surface area contributed by atoms with E-state index in [9.17, 15) is 4.79 Å². The Balaban J connectivity index is 1.90. The van der Waals surface area contributed by atoms with Crippen molar-refractivity contribution in [3.05, 3.63) is 47.9 Å². The molecule has 0 spiro atoms. The lowest BCUT2D eigenvalue weighted by Gasteiger charge is -2.07. The molecule has 7 heteroatoms. The van der Waals surface area contributed by atoms with Crippen molar-refractivity contribution in [3.63, 3.8) is 0 Å². The zero-order valence-electron chi connectivity index (χ0n) is 12.7. The molecule has 0 aliphatic carbocycles. The van der Waals surface area contributed by atoms with Gasteiger partial charge < -0.3 is 15.4 Å². The molecule has 2 aromatic rings. The normalized spacial score (nSPS) is 9.91. The Morgan fingerprint density at radius 2 is 2.04 bits per heavy atom. The van der Waals surface area contributed by atoms with Crippen molar-refractivity contribution in [2.75, 3.05) is 25.6 Å². The Hall–Kier alpha value is -2.98. The average molecular weight is 311 g/mol. The topological polar surface area (TPSA) is 99.9 Å². The molecule has 1 aromatic heterocycles. The number of ether oxygens (including phenoxy) is 1. The maximum absolute atomic E-state index is 11.8. The van der Waals surface area contributed by atoms with Crippen LogP contribution in [0, 0.1) is 11.3 Å². The van der Waals surface area contributed by atoms with E-state index in [0.29, 0.717) is 24.5 Å². The summed E-state index contributed by atoms with van der Waals surface area (Å²) in [5, 5.41) is 14.5. The van der Waals surface area contributed by atoms with Gasteiger partial charge in [0.2, 0.25) is 0 Å². The number of nitrogens with one attached hydrogen (secondary N) is 2. The Morgan fingerprint density at radius 3 is 2.65 bits per heavy atom. The number of nitrogens with zero attached hydrogens (tertiary/aromatic N) is 3. The first kappa shape index (κ1) is 16.4. The molecular weight excluding hydrogens is 294 g/mol. The highest BCUT2D eigenvalue weighted by Crippen LogP contribution is 2.14. The molecule has 7 nitrogen and oxygen atoms in total. The summed E-state index contributed by atoms with van der Waals surface area (Å²) in [6.45, 7) is 1.12. The van der Waals surface area contributed by atoms with Crippen LogP contribution in [0.1, 0.15) is 22.5 Å². The maximum atomic E-state index is 11.8. The molecule has 0 aliphatic rings. The van der Waals surface area contributed by atoms with E-state index in [1.807, 2.05) is 0 Å². The zero-order valence-corrected chi connectivity index (χ0v) is 12.7. The largest absolute Gasteiger partial charge is 0.385 e. The minimum atomic E-state index is -0.265. The second kappa shape index (κ2) is 8.46. The predicted octanol–water partition coefficient (Wildman–Crippen LogP) is 1.86. The molecule has 0 aliphatic heterocycles. The van der Waals surface area contributed by atoms with Gasteiger partial charge in [0.05, 0.1) is 24.0 Å². The van der Waals surface area contributed by atoms with E-state index in [1.165, 1.54) is 12.4 Å². The number of amides is 1. The van der Waals surface area contributed by atoms with Gasteiger partial charge >= 0.3 is 0 Å². The number of aromatic nitrogens is 2. The molecular formula is C16H17N5O2. The second-order valence-corrected chi connectivity index (χ2v) is 4.70. The first-order valence-corrected chi connectivity index (χ1v) is 7.09. The summed E-state index contributed by atoms with van der Waals surface area (Å²) in [5.41, 5.74) is 1.63. The molecule has 2 N–H and O–H groups in total. The molecule has 0 fully saturated rings. The van der Waals surface area contributed by atoms with Crippen molar-refractivity contribution in [2.45, 2.75) is 6.42 Å². The van der Waals surface area contributed by atoms with Gasteiger partial charge in [0, 0.05) is 25.9 Å². The van der Waals surface area contributed by atoms with Crippen molar-refractivity contribution in [1.29, 1.82) is 5.26 Å². The van der Waals surface area contributed by atoms with Gasteiger partial charge in [-0.2, -0.15) is 5.26 Å². The van der Waals surface area contributed by atoms with Crippen LogP contribution in [-0.4, -0.2) is 36.1 Å². The summed E-state index contributed by atoms with van der Waals surface area (Å²) in [6.07, 6.45) is 3.65. The lowest BCUT2D eigenvalue weighted by molar-refractivity contribution is 0.0943. The summed E-state index contributed by atoms with van der Waals surface area (Å²) in [7, 11) is 1.62. The Morgan fingerprint density at radius 1 is 1.26 bits per heavy atom. The van der Waals surface area contributed by atoms with Crippen LogP contribution in [0.5, 0.6) is 0 Å². The number of methoxy groups -OCH3 is 1. The van der Waals surface area contributed by atoms with Crippen molar-refractivity contribution >= 4 is 17.4 Å². The molecule has 118 valence electrons. The van der Waals surface area contributed by atoms with Gasteiger partial charge in [-0.3, -0.25) is 4.79 Å². The van der Waals surface area contributed by atoms with Gasteiger partial charge in [-0.05, 0) is 30.7 Å². The van der Waals surface area contributed by atoms with Gasteiger partial charge in [-0.1, -0.05) is 0 Å². The lowest BCUT2D eigenvalue weighted by Crippen LogP contribution is -2.26. The molecule has 1 heterocycles.